The Morgan fingerprint density at radius 2 is 1.68 bits per heavy atom. The predicted molar refractivity (Wildman–Crippen MR) is 123 cm³/mol. The first kappa shape index (κ1) is 26.4. The number of nitro groups is 1. The van der Waals surface area contributed by atoms with E-state index in [-0.39, 0.29) is 27.9 Å². The summed E-state index contributed by atoms with van der Waals surface area (Å²) in [7, 11) is 2.89. The van der Waals surface area contributed by atoms with E-state index in [0.717, 1.165) is 6.07 Å². The summed E-state index contributed by atoms with van der Waals surface area (Å²) in [6.45, 7) is 2.75. The van der Waals surface area contributed by atoms with Gasteiger partial charge in [-0.15, -0.1) is 0 Å². The quantitative estimate of drug-likeness (QED) is 0.291. The van der Waals surface area contributed by atoms with Gasteiger partial charge >= 0.3 is 5.97 Å². The van der Waals surface area contributed by atoms with Crippen LogP contribution in [0.3, 0.4) is 0 Å². The second-order valence-electron chi connectivity index (χ2n) is 7.37. The van der Waals surface area contributed by atoms with E-state index in [1.807, 2.05) is 0 Å². The smallest absolute Gasteiger partial charge is 0.329 e. The lowest BCUT2D eigenvalue weighted by atomic mass is 10.0. The largest absolute Gasteiger partial charge is 0.497 e. The minimum absolute atomic E-state index is 0.0464. The highest BCUT2D eigenvalue weighted by Gasteiger charge is 2.27. The number of halogens is 1. The van der Waals surface area contributed by atoms with Crippen molar-refractivity contribution in [3.63, 3.8) is 0 Å². The van der Waals surface area contributed by atoms with E-state index in [2.05, 4.69) is 10.6 Å². The van der Waals surface area contributed by atoms with Gasteiger partial charge in [0.1, 0.15) is 17.5 Å². The summed E-state index contributed by atoms with van der Waals surface area (Å²) in [4.78, 5) is 47.6. The average molecular weight is 494 g/mol. The molecule has 12 heteroatoms. The first-order valence-corrected chi connectivity index (χ1v) is 10.4. The monoisotopic (exact) mass is 493 g/mol. The molecule has 2 aromatic rings. The number of nitrogens with one attached hydrogen (secondary N) is 2. The molecule has 0 saturated carbocycles. The van der Waals surface area contributed by atoms with Crippen LogP contribution >= 0.6 is 11.6 Å². The maximum absolute atomic E-state index is 12.7. The Balaban J connectivity index is 2.02. The number of methoxy groups -OCH3 is 2. The molecule has 0 bridgehead atoms. The summed E-state index contributed by atoms with van der Waals surface area (Å²) in [5, 5.41) is 15.7. The summed E-state index contributed by atoms with van der Waals surface area (Å²) in [5.74, 6) is -1.64. The number of esters is 1. The maximum atomic E-state index is 12.7. The molecule has 11 nitrogen and oxygen atoms in total. The van der Waals surface area contributed by atoms with Crippen LogP contribution < -0.4 is 20.1 Å². The molecule has 2 amide bonds. The fraction of sp³-hybridized carbons (Fsp3) is 0.318. The third kappa shape index (κ3) is 7.07. The molecule has 0 aliphatic heterocycles. The average Bonchev–Trinajstić information content (AvgIpc) is 2.81. The number of amides is 2. The Hall–Kier alpha value is -3.86. The number of nitrogens with zero attached hydrogens (tertiary/aromatic N) is 1. The molecule has 1 atom stereocenters. The molecular weight excluding hydrogens is 470 g/mol. The zero-order valence-electron chi connectivity index (χ0n) is 18.9. The number of carbonyl (C=O) groups excluding carboxylic acids is 3. The van der Waals surface area contributed by atoms with Crippen molar-refractivity contribution in [2.75, 3.05) is 26.1 Å². The van der Waals surface area contributed by atoms with Crippen LogP contribution in [-0.2, 0) is 14.3 Å². The van der Waals surface area contributed by atoms with Gasteiger partial charge in [0.2, 0.25) is 0 Å². The van der Waals surface area contributed by atoms with Crippen LogP contribution in [0.5, 0.6) is 11.5 Å². The summed E-state index contributed by atoms with van der Waals surface area (Å²) in [6.07, 6.45) is 0. The SMILES string of the molecule is COc1cc(OC)cc(C(=O)N[C@H](C(=O)OCC(=O)Nc2ccc([N+](=O)[O-])cc2Cl)C(C)C)c1. The van der Waals surface area contributed by atoms with Gasteiger partial charge in [-0.1, -0.05) is 25.4 Å². The number of nitro benzene ring substituents is 1. The van der Waals surface area contributed by atoms with Gasteiger partial charge in [0.05, 0.1) is 29.9 Å². The highest BCUT2D eigenvalue weighted by molar-refractivity contribution is 6.34. The zero-order valence-corrected chi connectivity index (χ0v) is 19.7. The number of non-ortho nitro benzene ring substituents is 1. The number of ether oxygens (including phenoxy) is 3. The zero-order chi connectivity index (χ0) is 25.4. The van der Waals surface area contributed by atoms with Gasteiger partial charge in [-0.05, 0) is 24.1 Å². The number of hydrogen-bond acceptors (Lipinski definition) is 8. The molecule has 0 fully saturated rings. The van der Waals surface area contributed by atoms with Gasteiger partial charge in [-0.25, -0.2) is 4.79 Å². The molecule has 0 radical (unpaired) electrons. The van der Waals surface area contributed by atoms with E-state index in [1.54, 1.807) is 19.9 Å². The molecule has 34 heavy (non-hydrogen) atoms. The van der Waals surface area contributed by atoms with Crippen molar-refractivity contribution in [3.8, 4) is 11.5 Å². The van der Waals surface area contributed by atoms with Crippen molar-refractivity contribution in [3.05, 3.63) is 57.1 Å². The molecule has 0 saturated heterocycles. The molecule has 0 spiro atoms. The van der Waals surface area contributed by atoms with Crippen molar-refractivity contribution in [2.45, 2.75) is 19.9 Å². The van der Waals surface area contributed by atoms with E-state index in [0.29, 0.717) is 11.5 Å². The fourth-order valence-corrected chi connectivity index (χ4v) is 3.01. The summed E-state index contributed by atoms with van der Waals surface area (Å²) >= 11 is 5.94. The van der Waals surface area contributed by atoms with Gasteiger partial charge in [0, 0.05) is 23.8 Å². The van der Waals surface area contributed by atoms with Crippen molar-refractivity contribution in [1.82, 2.24) is 5.32 Å². The molecule has 2 rings (SSSR count). The van der Waals surface area contributed by atoms with E-state index >= 15 is 0 Å². The molecule has 0 heterocycles. The fourth-order valence-electron chi connectivity index (χ4n) is 2.79. The lowest BCUT2D eigenvalue weighted by Gasteiger charge is -2.21. The standard InChI is InChI=1S/C22H24ClN3O8/c1-12(2)20(25-21(28)13-7-15(32-3)10-16(8-13)33-4)22(29)34-11-19(27)24-18-6-5-14(26(30)31)9-17(18)23/h5-10,12,20H,11H2,1-4H3,(H,24,27)(H,25,28)/t20-/m0/s1. The molecule has 2 N–H and O–H groups in total. The number of benzene rings is 2. The Bertz CT molecular complexity index is 1070. The summed E-state index contributed by atoms with van der Waals surface area (Å²) in [5.41, 5.74) is 0.0906. The molecule has 0 aliphatic carbocycles. The van der Waals surface area contributed by atoms with Crippen LogP contribution in [0.4, 0.5) is 11.4 Å². The number of rotatable bonds is 10. The van der Waals surface area contributed by atoms with Crippen LogP contribution in [0, 0.1) is 16.0 Å². The normalized spacial score (nSPS) is 11.4. The van der Waals surface area contributed by atoms with Crippen LogP contribution in [0.15, 0.2) is 36.4 Å². The Labute approximate surface area is 200 Å². The number of carbonyl (C=O) groups is 3. The molecule has 182 valence electrons. The molecular formula is C22H24ClN3O8. The van der Waals surface area contributed by atoms with E-state index < -0.39 is 35.4 Å². The number of anilines is 1. The van der Waals surface area contributed by atoms with Crippen LogP contribution in [-0.4, -0.2) is 49.6 Å². The maximum Gasteiger partial charge on any atom is 0.329 e. The van der Waals surface area contributed by atoms with Gasteiger partial charge in [-0.2, -0.15) is 0 Å². The molecule has 0 unspecified atom stereocenters. The first-order valence-electron chi connectivity index (χ1n) is 10.00. The van der Waals surface area contributed by atoms with Gasteiger partial charge in [0.25, 0.3) is 17.5 Å². The van der Waals surface area contributed by atoms with Crippen LogP contribution in [0.2, 0.25) is 5.02 Å². The summed E-state index contributed by atoms with van der Waals surface area (Å²) in [6, 6.07) is 7.05. The van der Waals surface area contributed by atoms with Gasteiger partial charge < -0.3 is 24.8 Å². The first-order chi connectivity index (χ1) is 16.0. The molecule has 0 aliphatic rings. The lowest BCUT2D eigenvalue weighted by molar-refractivity contribution is -0.384. The topological polar surface area (TPSA) is 146 Å². The predicted octanol–water partition coefficient (Wildman–Crippen LogP) is 3.20. The molecule has 0 aromatic heterocycles. The summed E-state index contributed by atoms with van der Waals surface area (Å²) < 4.78 is 15.4. The minimum atomic E-state index is -1.04. The van der Waals surface area contributed by atoms with Gasteiger partial charge in [-0.3, -0.25) is 19.7 Å². The lowest BCUT2D eigenvalue weighted by Crippen LogP contribution is -2.46. The third-order valence-electron chi connectivity index (χ3n) is 4.60. The van der Waals surface area contributed by atoms with Crippen molar-refractivity contribution < 1.29 is 33.5 Å². The van der Waals surface area contributed by atoms with E-state index in [1.165, 1.54) is 38.5 Å². The Morgan fingerprint density at radius 3 is 2.18 bits per heavy atom. The van der Waals surface area contributed by atoms with Crippen molar-refractivity contribution in [1.29, 1.82) is 0 Å². The highest BCUT2D eigenvalue weighted by Crippen LogP contribution is 2.26. The second kappa shape index (κ2) is 11.8. The second-order valence-corrected chi connectivity index (χ2v) is 7.78. The molecule has 2 aromatic carbocycles. The van der Waals surface area contributed by atoms with Crippen molar-refractivity contribution >= 4 is 40.8 Å². The Morgan fingerprint density at radius 1 is 1.06 bits per heavy atom. The number of hydrogen-bond donors (Lipinski definition) is 2. The van der Waals surface area contributed by atoms with Crippen molar-refractivity contribution in [2.24, 2.45) is 5.92 Å². The minimum Gasteiger partial charge on any atom is -0.497 e. The highest BCUT2D eigenvalue weighted by atomic mass is 35.5. The van der Waals surface area contributed by atoms with Gasteiger partial charge in [0.15, 0.2) is 6.61 Å². The Kier molecular flexibility index (Phi) is 9.19. The van der Waals surface area contributed by atoms with Crippen LogP contribution in [0.25, 0.3) is 0 Å². The van der Waals surface area contributed by atoms with E-state index in [9.17, 15) is 24.5 Å². The van der Waals surface area contributed by atoms with Crippen LogP contribution in [0.1, 0.15) is 24.2 Å². The van der Waals surface area contributed by atoms with E-state index in [4.69, 9.17) is 25.8 Å². The third-order valence-corrected chi connectivity index (χ3v) is 4.92.